The van der Waals surface area contributed by atoms with Gasteiger partial charge >= 0.3 is 5.97 Å². The number of benzene rings is 1. The van der Waals surface area contributed by atoms with Crippen molar-refractivity contribution in [1.29, 1.82) is 0 Å². The van der Waals surface area contributed by atoms with Crippen molar-refractivity contribution in [2.45, 2.75) is 12.8 Å². The van der Waals surface area contributed by atoms with Crippen molar-refractivity contribution in [2.75, 3.05) is 11.9 Å². The van der Waals surface area contributed by atoms with E-state index in [0.29, 0.717) is 5.69 Å². The number of carboxylic acids is 1. The highest BCUT2D eigenvalue weighted by atomic mass is 32.1. The van der Waals surface area contributed by atoms with E-state index in [4.69, 9.17) is 5.11 Å². The van der Waals surface area contributed by atoms with Crippen LogP contribution < -0.4 is 4.90 Å². The number of thiazole rings is 1. The Kier molecular flexibility index (Phi) is 3.62. The number of nitrogens with zero attached hydrogens (tertiary/aromatic N) is 2. The highest BCUT2D eigenvalue weighted by molar-refractivity contribution is 7.13. The van der Waals surface area contributed by atoms with Gasteiger partial charge in [0.1, 0.15) is 0 Å². The van der Waals surface area contributed by atoms with E-state index >= 15 is 0 Å². The first-order chi connectivity index (χ1) is 8.59. The average molecular weight is 262 g/mol. The maximum Gasteiger partial charge on any atom is 0.312 e. The lowest BCUT2D eigenvalue weighted by atomic mass is 10.1. The van der Waals surface area contributed by atoms with Crippen LogP contribution in [0.15, 0.2) is 35.7 Å². The van der Waals surface area contributed by atoms with Crippen LogP contribution in [0.4, 0.5) is 10.8 Å². The zero-order valence-electron chi connectivity index (χ0n) is 10.2. The molecule has 1 unspecified atom stereocenters. The molecule has 1 aromatic heterocycles. The minimum absolute atomic E-state index is 0.570. The van der Waals surface area contributed by atoms with Crippen LogP contribution in [0.5, 0.6) is 0 Å². The van der Waals surface area contributed by atoms with Gasteiger partial charge in [-0.25, -0.2) is 4.98 Å². The predicted octanol–water partition coefficient (Wildman–Crippen LogP) is 3.10. The lowest BCUT2D eigenvalue weighted by Crippen LogP contribution is -2.11. The van der Waals surface area contributed by atoms with Crippen molar-refractivity contribution in [2.24, 2.45) is 0 Å². The van der Waals surface area contributed by atoms with Gasteiger partial charge < -0.3 is 10.0 Å². The van der Waals surface area contributed by atoms with E-state index < -0.39 is 11.9 Å². The molecule has 4 nitrogen and oxygen atoms in total. The average Bonchev–Trinajstić information content (AvgIpc) is 2.87. The first-order valence-corrected chi connectivity index (χ1v) is 6.44. The maximum atomic E-state index is 10.9. The number of para-hydroxylation sites is 1. The number of aromatic nitrogens is 1. The van der Waals surface area contributed by atoms with E-state index in [1.807, 2.05) is 42.3 Å². The minimum Gasteiger partial charge on any atom is -0.481 e. The third-order valence-corrected chi connectivity index (χ3v) is 3.69. The molecule has 0 aliphatic rings. The molecule has 18 heavy (non-hydrogen) atoms. The van der Waals surface area contributed by atoms with Crippen molar-refractivity contribution in [3.05, 3.63) is 41.4 Å². The third kappa shape index (κ3) is 2.51. The number of rotatable bonds is 4. The van der Waals surface area contributed by atoms with Crippen molar-refractivity contribution in [3.8, 4) is 0 Å². The van der Waals surface area contributed by atoms with E-state index in [2.05, 4.69) is 4.98 Å². The van der Waals surface area contributed by atoms with Crippen molar-refractivity contribution >= 4 is 28.1 Å². The number of carbonyl (C=O) groups is 1. The molecule has 2 rings (SSSR count). The van der Waals surface area contributed by atoms with Gasteiger partial charge in [0.05, 0.1) is 11.6 Å². The molecule has 1 N–H and O–H groups in total. The third-order valence-electron chi connectivity index (χ3n) is 2.75. The largest absolute Gasteiger partial charge is 0.481 e. The summed E-state index contributed by atoms with van der Waals surface area (Å²) in [4.78, 5) is 17.2. The Morgan fingerprint density at radius 1 is 1.39 bits per heavy atom. The Morgan fingerprint density at radius 3 is 2.67 bits per heavy atom. The summed E-state index contributed by atoms with van der Waals surface area (Å²) in [5.41, 5.74) is 1.63. The molecule has 0 bridgehead atoms. The molecule has 0 aliphatic carbocycles. The molecule has 0 saturated carbocycles. The van der Waals surface area contributed by atoms with Crippen molar-refractivity contribution < 1.29 is 9.90 Å². The Bertz CT molecular complexity index is 539. The zero-order chi connectivity index (χ0) is 13.1. The molecule has 2 aromatic rings. The van der Waals surface area contributed by atoms with Crippen molar-refractivity contribution in [1.82, 2.24) is 4.98 Å². The standard InChI is InChI=1S/C13H14N2O2S/c1-9(12(16)17)11-8-18-13(14-11)15(2)10-6-4-3-5-7-10/h3-9H,1-2H3,(H,16,17). The van der Waals surface area contributed by atoms with Gasteiger partial charge in [0.15, 0.2) is 5.13 Å². The Balaban J connectivity index is 2.23. The summed E-state index contributed by atoms with van der Waals surface area (Å²) in [6, 6.07) is 9.85. The first-order valence-electron chi connectivity index (χ1n) is 5.56. The van der Waals surface area contributed by atoms with Crippen LogP contribution in [0.3, 0.4) is 0 Å². The second kappa shape index (κ2) is 5.18. The zero-order valence-corrected chi connectivity index (χ0v) is 11.0. The maximum absolute atomic E-state index is 10.9. The number of carboxylic acid groups (broad SMARTS) is 1. The second-order valence-electron chi connectivity index (χ2n) is 4.01. The van der Waals surface area contributed by atoms with Gasteiger partial charge in [-0.05, 0) is 19.1 Å². The molecule has 1 atom stereocenters. The molecule has 0 fully saturated rings. The van der Waals surface area contributed by atoms with Crippen LogP contribution in [0.2, 0.25) is 0 Å². The summed E-state index contributed by atoms with van der Waals surface area (Å²) in [6.07, 6.45) is 0. The van der Waals surface area contributed by atoms with Crippen LogP contribution in [-0.4, -0.2) is 23.1 Å². The summed E-state index contributed by atoms with van der Waals surface area (Å²) in [7, 11) is 1.92. The smallest absolute Gasteiger partial charge is 0.312 e. The van der Waals surface area contributed by atoms with Gasteiger partial charge in [-0.3, -0.25) is 4.79 Å². The van der Waals surface area contributed by atoms with Crippen LogP contribution in [-0.2, 0) is 4.79 Å². The van der Waals surface area contributed by atoms with Gasteiger partial charge in [-0.15, -0.1) is 11.3 Å². The van der Waals surface area contributed by atoms with E-state index in [9.17, 15) is 4.79 Å². The van der Waals surface area contributed by atoms with Crippen LogP contribution in [0.25, 0.3) is 0 Å². The van der Waals surface area contributed by atoms with E-state index in [-0.39, 0.29) is 0 Å². The monoisotopic (exact) mass is 262 g/mol. The SMILES string of the molecule is CC(C(=O)O)c1csc(N(C)c2ccccc2)n1. The fraction of sp³-hybridized carbons (Fsp3) is 0.231. The predicted molar refractivity (Wildman–Crippen MR) is 72.7 cm³/mol. The summed E-state index contributed by atoms with van der Waals surface area (Å²) in [6.45, 7) is 1.64. The van der Waals surface area contributed by atoms with Gasteiger partial charge in [-0.1, -0.05) is 18.2 Å². The number of aliphatic carboxylic acids is 1. The van der Waals surface area contributed by atoms with Crippen LogP contribution in [0.1, 0.15) is 18.5 Å². The second-order valence-corrected chi connectivity index (χ2v) is 4.85. The number of anilines is 2. The van der Waals surface area contributed by atoms with E-state index in [1.165, 1.54) is 11.3 Å². The summed E-state index contributed by atoms with van der Waals surface area (Å²) in [5.74, 6) is -1.42. The fourth-order valence-electron chi connectivity index (χ4n) is 1.52. The van der Waals surface area contributed by atoms with Gasteiger partial charge in [0.2, 0.25) is 0 Å². The molecule has 0 aliphatic heterocycles. The molecule has 1 heterocycles. The van der Waals surface area contributed by atoms with Crippen molar-refractivity contribution in [3.63, 3.8) is 0 Å². The molecule has 1 aromatic carbocycles. The quantitative estimate of drug-likeness (QED) is 0.920. The molecular weight excluding hydrogens is 248 g/mol. The molecule has 0 amide bonds. The highest BCUT2D eigenvalue weighted by Crippen LogP contribution is 2.29. The molecule has 0 radical (unpaired) electrons. The molecular formula is C13H14N2O2S. The summed E-state index contributed by atoms with van der Waals surface area (Å²) >= 11 is 1.45. The fourth-order valence-corrected chi connectivity index (χ4v) is 2.42. The van der Waals surface area contributed by atoms with Gasteiger partial charge in [-0.2, -0.15) is 0 Å². The Hall–Kier alpha value is -1.88. The summed E-state index contributed by atoms with van der Waals surface area (Å²) in [5, 5.41) is 11.5. The lowest BCUT2D eigenvalue weighted by molar-refractivity contribution is -0.138. The van der Waals surface area contributed by atoms with Gasteiger partial charge in [0.25, 0.3) is 0 Å². The first kappa shape index (κ1) is 12.6. The minimum atomic E-state index is -0.853. The van der Waals surface area contributed by atoms with E-state index in [1.54, 1.807) is 12.3 Å². The Morgan fingerprint density at radius 2 is 2.06 bits per heavy atom. The molecule has 0 saturated heterocycles. The van der Waals surface area contributed by atoms with E-state index in [0.717, 1.165) is 10.8 Å². The Labute approximate surface area is 110 Å². The normalized spacial score (nSPS) is 12.1. The molecule has 5 heteroatoms. The topological polar surface area (TPSA) is 53.4 Å². The van der Waals surface area contributed by atoms with Crippen LogP contribution in [0, 0.1) is 0 Å². The lowest BCUT2D eigenvalue weighted by Gasteiger charge is -2.15. The molecule has 0 spiro atoms. The number of hydrogen-bond donors (Lipinski definition) is 1. The van der Waals surface area contributed by atoms with Gasteiger partial charge in [0, 0.05) is 18.1 Å². The number of hydrogen-bond acceptors (Lipinski definition) is 4. The summed E-state index contributed by atoms with van der Waals surface area (Å²) < 4.78 is 0. The molecule has 94 valence electrons. The highest BCUT2D eigenvalue weighted by Gasteiger charge is 2.18. The van der Waals surface area contributed by atoms with Crippen LogP contribution >= 0.6 is 11.3 Å².